The van der Waals surface area contributed by atoms with E-state index in [1.54, 1.807) is 12.1 Å². The van der Waals surface area contributed by atoms with Crippen molar-refractivity contribution in [3.63, 3.8) is 0 Å². The van der Waals surface area contributed by atoms with Gasteiger partial charge in [0.05, 0.1) is 5.69 Å². The molecule has 0 radical (unpaired) electrons. The smallest absolute Gasteiger partial charge is 0.143 e. The molecule has 0 bridgehead atoms. The number of ether oxygens (including phenoxy) is 1. The van der Waals surface area contributed by atoms with Gasteiger partial charge in [-0.3, -0.25) is 0 Å². The second-order valence-electron chi connectivity index (χ2n) is 5.16. The number of phenolic OH excluding ortho intramolecular Hbond substituents is 1. The van der Waals surface area contributed by atoms with E-state index >= 15 is 0 Å². The molecule has 4 nitrogen and oxygen atoms in total. The molecule has 1 aliphatic heterocycles. The molecule has 2 aromatic rings. The van der Waals surface area contributed by atoms with Crippen LogP contribution >= 0.6 is 0 Å². The normalized spacial score (nSPS) is 15.0. The van der Waals surface area contributed by atoms with Gasteiger partial charge in [-0.25, -0.2) is 0 Å². The fourth-order valence-corrected chi connectivity index (χ4v) is 2.50. The van der Waals surface area contributed by atoms with Gasteiger partial charge in [-0.15, -0.1) is 0 Å². The maximum atomic E-state index is 9.30. The Bertz CT molecular complexity index is 578. The van der Waals surface area contributed by atoms with Crippen molar-refractivity contribution in [2.45, 2.75) is 6.61 Å². The SMILES string of the molecule is Oc1ccc(COc2ccccc2N2CCNCC2)cc1. The summed E-state index contributed by atoms with van der Waals surface area (Å²) in [6.45, 7) is 4.52. The van der Waals surface area contributed by atoms with Crippen molar-refractivity contribution in [3.8, 4) is 11.5 Å². The molecule has 1 fully saturated rings. The molecule has 2 N–H and O–H groups in total. The number of piperazine rings is 1. The van der Waals surface area contributed by atoms with Gasteiger partial charge in [0.15, 0.2) is 0 Å². The highest BCUT2D eigenvalue weighted by Crippen LogP contribution is 2.29. The Morgan fingerprint density at radius 3 is 2.48 bits per heavy atom. The molecular weight excluding hydrogens is 264 g/mol. The number of nitrogens with zero attached hydrogens (tertiary/aromatic N) is 1. The molecule has 3 rings (SSSR count). The van der Waals surface area contributed by atoms with Gasteiger partial charge in [-0.2, -0.15) is 0 Å². The van der Waals surface area contributed by atoms with Crippen LogP contribution in [0.4, 0.5) is 5.69 Å². The summed E-state index contributed by atoms with van der Waals surface area (Å²) in [7, 11) is 0. The number of rotatable bonds is 4. The molecule has 0 unspecified atom stereocenters. The van der Waals surface area contributed by atoms with Gasteiger partial charge in [0, 0.05) is 26.2 Å². The van der Waals surface area contributed by atoms with Crippen LogP contribution in [-0.2, 0) is 6.61 Å². The van der Waals surface area contributed by atoms with E-state index < -0.39 is 0 Å². The van der Waals surface area contributed by atoms with E-state index in [-0.39, 0.29) is 5.75 Å². The van der Waals surface area contributed by atoms with Crippen LogP contribution in [0.1, 0.15) is 5.56 Å². The van der Waals surface area contributed by atoms with Crippen molar-refractivity contribution in [1.82, 2.24) is 5.32 Å². The Kier molecular flexibility index (Phi) is 4.26. The zero-order chi connectivity index (χ0) is 14.5. The van der Waals surface area contributed by atoms with Crippen molar-refractivity contribution in [2.24, 2.45) is 0 Å². The third kappa shape index (κ3) is 3.47. The van der Waals surface area contributed by atoms with E-state index in [0.717, 1.165) is 43.2 Å². The number of para-hydroxylation sites is 2. The highest BCUT2D eigenvalue weighted by atomic mass is 16.5. The molecule has 1 saturated heterocycles. The maximum Gasteiger partial charge on any atom is 0.143 e. The number of benzene rings is 2. The van der Waals surface area contributed by atoms with Gasteiger partial charge in [0.2, 0.25) is 0 Å². The second-order valence-corrected chi connectivity index (χ2v) is 5.16. The number of phenols is 1. The van der Waals surface area contributed by atoms with Crippen LogP contribution in [-0.4, -0.2) is 31.3 Å². The van der Waals surface area contributed by atoms with E-state index in [0.29, 0.717) is 6.61 Å². The average molecular weight is 284 g/mol. The van der Waals surface area contributed by atoms with Crippen molar-refractivity contribution in [2.75, 3.05) is 31.1 Å². The van der Waals surface area contributed by atoms with E-state index in [1.807, 2.05) is 30.3 Å². The molecule has 0 atom stereocenters. The van der Waals surface area contributed by atoms with Crippen molar-refractivity contribution >= 4 is 5.69 Å². The molecule has 0 spiro atoms. The van der Waals surface area contributed by atoms with Gasteiger partial charge < -0.3 is 20.1 Å². The third-order valence-electron chi connectivity index (χ3n) is 3.65. The molecule has 2 aromatic carbocycles. The first-order valence-electron chi connectivity index (χ1n) is 7.28. The van der Waals surface area contributed by atoms with Gasteiger partial charge in [0.1, 0.15) is 18.1 Å². The molecule has 0 aliphatic carbocycles. The maximum absolute atomic E-state index is 9.30. The summed E-state index contributed by atoms with van der Waals surface area (Å²) in [5, 5.41) is 12.7. The van der Waals surface area contributed by atoms with Gasteiger partial charge in [-0.05, 0) is 29.8 Å². The summed E-state index contributed by atoms with van der Waals surface area (Å²) in [5.74, 6) is 1.19. The second kappa shape index (κ2) is 6.50. The molecule has 110 valence electrons. The minimum absolute atomic E-state index is 0.278. The topological polar surface area (TPSA) is 44.7 Å². The number of aromatic hydroxyl groups is 1. The minimum Gasteiger partial charge on any atom is -0.508 e. The summed E-state index contributed by atoms with van der Waals surface area (Å²) < 4.78 is 5.97. The summed E-state index contributed by atoms with van der Waals surface area (Å²) in [4.78, 5) is 2.35. The third-order valence-corrected chi connectivity index (χ3v) is 3.65. The first-order chi connectivity index (χ1) is 10.3. The van der Waals surface area contributed by atoms with Crippen molar-refractivity contribution in [1.29, 1.82) is 0 Å². The van der Waals surface area contributed by atoms with Crippen molar-refractivity contribution < 1.29 is 9.84 Å². The Morgan fingerprint density at radius 1 is 1.00 bits per heavy atom. The Morgan fingerprint density at radius 2 is 1.71 bits per heavy atom. The molecule has 0 aromatic heterocycles. The first-order valence-corrected chi connectivity index (χ1v) is 7.28. The molecule has 0 saturated carbocycles. The predicted molar refractivity (Wildman–Crippen MR) is 84.0 cm³/mol. The molecule has 4 heteroatoms. The van der Waals surface area contributed by atoms with Gasteiger partial charge in [-0.1, -0.05) is 24.3 Å². The Hall–Kier alpha value is -2.20. The summed E-state index contributed by atoms with van der Waals surface area (Å²) in [6, 6.07) is 15.3. The van der Waals surface area contributed by atoms with E-state index in [1.165, 1.54) is 0 Å². The number of hydrogen-bond acceptors (Lipinski definition) is 4. The zero-order valence-corrected chi connectivity index (χ0v) is 12.0. The average Bonchev–Trinajstić information content (AvgIpc) is 2.55. The fourth-order valence-electron chi connectivity index (χ4n) is 2.50. The summed E-state index contributed by atoms with van der Waals surface area (Å²) >= 11 is 0. The quantitative estimate of drug-likeness (QED) is 0.905. The van der Waals surface area contributed by atoms with Crippen LogP contribution in [0, 0.1) is 0 Å². The first kappa shape index (κ1) is 13.8. The molecule has 1 heterocycles. The molecule has 21 heavy (non-hydrogen) atoms. The lowest BCUT2D eigenvalue weighted by molar-refractivity contribution is 0.306. The monoisotopic (exact) mass is 284 g/mol. The lowest BCUT2D eigenvalue weighted by Gasteiger charge is -2.30. The lowest BCUT2D eigenvalue weighted by Crippen LogP contribution is -2.43. The zero-order valence-electron chi connectivity index (χ0n) is 12.0. The predicted octanol–water partition coefficient (Wildman–Crippen LogP) is 2.38. The Labute approximate surface area is 125 Å². The van der Waals surface area contributed by atoms with Crippen molar-refractivity contribution in [3.05, 3.63) is 54.1 Å². The van der Waals surface area contributed by atoms with Crippen LogP contribution in [0.3, 0.4) is 0 Å². The van der Waals surface area contributed by atoms with Crippen LogP contribution in [0.2, 0.25) is 0 Å². The van der Waals surface area contributed by atoms with E-state index in [9.17, 15) is 5.11 Å². The minimum atomic E-state index is 0.278. The van der Waals surface area contributed by atoms with Crippen LogP contribution in [0.15, 0.2) is 48.5 Å². The standard InChI is InChI=1S/C17H20N2O2/c20-15-7-5-14(6-8-15)13-21-17-4-2-1-3-16(17)19-11-9-18-10-12-19/h1-8,18,20H,9-13H2. The molecule has 1 aliphatic rings. The van der Waals surface area contributed by atoms with Crippen LogP contribution in [0.5, 0.6) is 11.5 Å². The van der Waals surface area contributed by atoms with E-state index in [4.69, 9.17) is 4.74 Å². The lowest BCUT2D eigenvalue weighted by atomic mass is 10.2. The summed E-state index contributed by atoms with van der Waals surface area (Å²) in [5.41, 5.74) is 2.20. The van der Waals surface area contributed by atoms with Crippen LogP contribution in [0.25, 0.3) is 0 Å². The van der Waals surface area contributed by atoms with Crippen LogP contribution < -0.4 is 15.0 Å². The largest absolute Gasteiger partial charge is 0.508 e. The highest BCUT2D eigenvalue weighted by Gasteiger charge is 2.14. The van der Waals surface area contributed by atoms with Gasteiger partial charge >= 0.3 is 0 Å². The Balaban J connectivity index is 1.71. The highest BCUT2D eigenvalue weighted by molar-refractivity contribution is 5.58. The molecular formula is C17H20N2O2. The molecule has 0 amide bonds. The number of anilines is 1. The number of hydrogen-bond donors (Lipinski definition) is 2. The fraction of sp³-hybridized carbons (Fsp3) is 0.294. The van der Waals surface area contributed by atoms with E-state index in [2.05, 4.69) is 16.3 Å². The summed E-state index contributed by atoms with van der Waals surface area (Å²) in [6.07, 6.45) is 0. The van der Waals surface area contributed by atoms with Gasteiger partial charge in [0.25, 0.3) is 0 Å². The number of nitrogens with one attached hydrogen (secondary N) is 1.